The third-order valence-electron chi connectivity index (χ3n) is 22.3. The zero-order valence-electron chi connectivity index (χ0n) is 73.7. The summed E-state index contributed by atoms with van der Waals surface area (Å²) in [5.41, 5.74) is 1.86. The minimum absolute atomic E-state index is 0.0819. The second-order valence-corrected chi connectivity index (χ2v) is 32.8. The van der Waals surface area contributed by atoms with E-state index in [-0.39, 0.29) is 34.3 Å². The van der Waals surface area contributed by atoms with Crippen LogP contribution < -0.4 is 37.9 Å². The lowest BCUT2D eigenvalue weighted by atomic mass is 10.1. The summed E-state index contributed by atoms with van der Waals surface area (Å²) in [5, 5.41) is 0. The van der Waals surface area contributed by atoms with Crippen molar-refractivity contribution in [2.45, 2.75) is 427 Å². The second-order valence-electron chi connectivity index (χ2n) is 32.8. The minimum Gasteiger partial charge on any atom is -0.490 e. The topological polar surface area (TPSA) is 134 Å². The molecule has 12 heteroatoms. The van der Waals surface area contributed by atoms with Crippen LogP contribution in [0.4, 0.5) is 0 Å². The first-order chi connectivity index (χ1) is 56.3. The number of unbranched alkanes of at least 4 members (excludes halogenated alkanes) is 54. The van der Waals surface area contributed by atoms with Crippen LogP contribution in [0.3, 0.4) is 0 Å². The molecule has 1 heterocycles. The number of rotatable bonds is 78. The molecule has 642 valence electrons. The van der Waals surface area contributed by atoms with Crippen molar-refractivity contribution < 1.29 is 47.5 Å². The van der Waals surface area contributed by atoms with Crippen LogP contribution in [-0.2, 0) is 0 Å². The van der Waals surface area contributed by atoms with Crippen LogP contribution in [0.1, 0.15) is 448 Å². The van der Waals surface area contributed by atoms with Gasteiger partial charge in [-0.25, -0.2) is 9.59 Å². The molecule has 1 aromatic heterocycles. The Labute approximate surface area is 696 Å². The second kappa shape index (κ2) is 68.7. The van der Waals surface area contributed by atoms with E-state index in [1.807, 2.05) is 60.7 Å². The molecule has 0 aliphatic rings. The molecule has 0 aliphatic carbocycles. The highest BCUT2D eigenvalue weighted by Crippen LogP contribution is 2.44. The van der Waals surface area contributed by atoms with Gasteiger partial charge in [0.05, 0.1) is 50.8 Å². The normalized spacial score (nSPS) is 11.4. The van der Waals surface area contributed by atoms with Crippen molar-refractivity contribution in [3.63, 3.8) is 0 Å². The smallest absolute Gasteiger partial charge is 0.345 e. The SMILES string of the molecule is CCCCCCCCCCCCOc1cc(C(=O)Oc2nc(-c3ccccc3)nc(OC(=O)c3cc(OCCCCCCCCCCCC)c(OCCCCCCCCCCCC)c(OCCCCCCCCCCCC)c3)c2-c2ccccc2)cc(OCCCCCCCCCCCC)c1OCCCCCCCCCCCC. The largest absolute Gasteiger partial charge is 0.490 e. The minimum atomic E-state index is -0.697. The molecule has 0 radical (unpaired) electrons. The number of benzene rings is 4. The van der Waals surface area contributed by atoms with Crippen LogP contribution in [0.15, 0.2) is 84.9 Å². The molecule has 0 fully saturated rings. The molecule has 114 heavy (non-hydrogen) atoms. The van der Waals surface area contributed by atoms with Crippen LogP contribution in [0.5, 0.6) is 46.3 Å². The predicted octanol–water partition coefficient (Wildman–Crippen LogP) is 32.0. The summed E-state index contributed by atoms with van der Waals surface area (Å²) in [5.74, 6) is 1.48. The summed E-state index contributed by atoms with van der Waals surface area (Å²) < 4.78 is 54.2. The van der Waals surface area contributed by atoms with Crippen LogP contribution >= 0.6 is 0 Å². The Balaban J connectivity index is 1.55. The van der Waals surface area contributed by atoms with Crippen molar-refractivity contribution in [2.24, 2.45) is 0 Å². The van der Waals surface area contributed by atoms with Crippen LogP contribution in [0.2, 0.25) is 0 Å². The Morgan fingerprint density at radius 3 is 0.649 bits per heavy atom. The molecule has 0 saturated carbocycles. The van der Waals surface area contributed by atoms with Gasteiger partial charge in [0.2, 0.25) is 23.3 Å². The molecule has 0 amide bonds. The molecular formula is C102H164N2O10. The number of nitrogens with zero attached hydrogens (tertiary/aromatic N) is 2. The van der Waals surface area contributed by atoms with E-state index < -0.39 is 11.9 Å². The molecule has 0 bridgehead atoms. The van der Waals surface area contributed by atoms with Crippen molar-refractivity contribution >= 4 is 11.9 Å². The number of hydrogen-bond donors (Lipinski definition) is 0. The zero-order valence-corrected chi connectivity index (χ0v) is 73.7. The Hall–Kier alpha value is -6.30. The van der Waals surface area contributed by atoms with Gasteiger partial charge in [-0.1, -0.05) is 449 Å². The number of esters is 2. The highest BCUT2D eigenvalue weighted by molar-refractivity contribution is 5.96. The average molecular weight is 1580 g/mol. The fourth-order valence-electron chi connectivity index (χ4n) is 15.1. The Morgan fingerprint density at radius 1 is 0.237 bits per heavy atom. The quantitative estimate of drug-likeness (QED) is 0.0271. The lowest BCUT2D eigenvalue weighted by molar-refractivity contribution is 0.0723. The van der Waals surface area contributed by atoms with E-state index in [0.717, 1.165) is 103 Å². The lowest BCUT2D eigenvalue weighted by Crippen LogP contribution is -2.16. The molecule has 5 aromatic rings. The molecule has 4 aromatic carbocycles. The van der Waals surface area contributed by atoms with E-state index in [1.54, 1.807) is 24.3 Å². The van der Waals surface area contributed by atoms with E-state index >= 15 is 9.59 Å². The average Bonchev–Trinajstić information content (AvgIpc) is 0.777. The zero-order chi connectivity index (χ0) is 80.9. The number of carbonyl (C=O) groups excluding carboxylic acids is 2. The standard InChI is InChI=1S/C102H164N2O10/c1-7-13-19-25-31-37-43-49-55-67-77-107-91-83-89(84-92(108-78-68-56-50-44-38-32-26-20-14-8-2)96(91)111-81-71-59-53-47-41-35-29-23-17-11-5)101(105)113-99-95(87-73-63-61-64-74-87)100(104-98(103-99)88-75-65-62-66-76-88)114-102(106)90-85-93(109-79-69-57-51-45-39-33-27-21-15-9-3)97(112-82-72-60-54-48-42-36-30-24-18-12-6)94(86-90)110-80-70-58-52-46-40-34-28-22-16-10-4/h61-66,73-76,83-86H,7-60,67-72,77-82H2,1-6H3. The Morgan fingerprint density at radius 2 is 0.430 bits per heavy atom. The first kappa shape index (κ1) is 98.3. The van der Waals surface area contributed by atoms with Crippen LogP contribution in [-0.4, -0.2) is 61.5 Å². The number of hydrogen-bond acceptors (Lipinski definition) is 12. The Kier molecular flexibility index (Phi) is 59.2. The third kappa shape index (κ3) is 45.4. The van der Waals surface area contributed by atoms with Gasteiger partial charge < -0.3 is 37.9 Å². The van der Waals surface area contributed by atoms with Crippen molar-refractivity contribution in [3.05, 3.63) is 96.1 Å². The molecule has 0 saturated heterocycles. The molecule has 12 nitrogen and oxygen atoms in total. The number of aromatic nitrogens is 2. The number of carbonyl (C=O) groups is 2. The van der Waals surface area contributed by atoms with Crippen molar-refractivity contribution in [2.75, 3.05) is 39.6 Å². The summed E-state index contributed by atoms with van der Waals surface area (Å²) in [7, 11) is 0. The maximum atomic E-state index is 15.5. The molecule has 5 rings (SSSR count). The van der Waals surface area contributed by atoms with E-state index in [2.05, 4.69) is 41.5 Å². The van der Waals surface area contributed by atoms with Crippen molar-refractivity contribution in [3.8, 4) is 68.8 Å². The lowest BCUT2D eigenvalue weighted by Gasteiger charge is -2.20. The Bertz CT molecular complexity index is 2860. The monoisotopic (exact) mass is 1580 g/mol. The van der Waals surface area contributed by atoms with Gasteiger partial charge >= 0.3 is 11.9 Å². The fraction of sp³-hybridized carbons (Fsp3) is 0.706. The molecule has 0 atom stereocenters. The van der Waals surface area contributed by atoms with Gasteiger partial charge in [0.15, 0.2) is 28.8 Å². The molecule has 0 aliphatic heterocycles. The van der Waals surface area contributed by atoms with Gasteiger partial charge in [0, 0.05) is 5.56 Å². The van der Waals surface area contributed by atoms with Crippen LogP contribution in [0.25, 0.3) is 22.5 Å². The molecule has 0 spiro atoms. The fourth-order valence-corrected chi connectivity index (χ4v) is 15.1. The first-order valence-electron chi connectivity index (χ1n) is 47.9. The third-order valence-corrected chi connectivity index (χ3v) is 22.3. The van der Waals surface area contributed by atoms with Crippen LogP contribution in [0, 0.1) is 0 Å². The van der Waals surface area contributed by atoms with E-state index in [0.29, 0.717) is 85.3 Å². The van der Waals surface area contributed by atoms with Crippen molar-refractivity contribution in [1.29, 1.82) is 0 Å². The first-order valence-corrected chi connectivity index (χ1v) is 47.9. The maximum Gasteiger partial charge on any atom is 0.345 e. The molecule has 0 unspecified atom stereocenters. The molecule has 0 N–H and O–H groups in total. The summed E-state index contributed by atoms with van der Waals surface area (Å²) in [4.78, 5) is 41.3. The van der Waals surface area contributed by atoms with Gasteiger partial charge in [0.25, 0.3) is 0 Å². The van der Waals surface area contributed by atoms with E-state index in [9.17, 15) is 0 Å². The van der Waals surface area contributed by atoms with Gasteiger partial charge in [0.1, 0.15) is 5.56 Å². The van der Waals surface area contributed by atoms with Gasteiger partial charge in [-0.2, -0.15) is 9.97 Å². The molecular weight excluding hydrogens is 1410 g/mol. The summed E-state index contributed by atoms with van der Waals surface area (Å²) in [6.07, 6.45) is 72.5. The summed E-state index contributed by atoms with van der Waals surface area (Å²) in [6, 6.07) is 26.0. The number of ether oxygens (including phenoxy) is 8. The van der Waals surface area contributed by atoms with E-state index in [4.69, 9.17) is 47.9 Å². The maximum absolute atomic E-state index is 15.5. The van der Waals surface area contributed by atoms with Crippen molar-refractivity contribution in [1.82, 2.24) is 9.97 Å². The summed E-state index contributed by atoms with van der Waals surface area (Å²) >= 11 is 0. The van der Waals surface area contributed by atoms with Gasteiger partial charge in [-0.3, -0.25) is 0 Å². The van der Waals surface area contributed by atoms with Gasteiger partial charge in [-0.15, -0.1) is 0 Å². The predicted molar refractivity (Wildman–Crippen MR) is 480 cm³/mol. The van der Waals surface area contributed by atoms with Gasteiger partial charge in [-0.05, 0) is 68.4 Å². The highest BCUT2D eigenvalue weighted by Gasteiger charge is 2.29. The summed E-state index contributed by atoms with van der Waals surface area (Å²) in [6.45, 7) is 16.4. The highest BCUT2D eigenvalue weighted by atomic mass is 16.6. The van der Waals surface area contributed by atoms with E-state index in [1.165, 1.54) is 283 Å².